The fourth-order valence-electron chi connectivity index (χ4n) is 3.23. The molecule has 1 aliphatic rings. The zero-order chi connectivity index (χ0) is 19.1. The van der Waals surface area contributed by atoms with E-state index in [1.54, 1.807) is 0 Å². The molecular formula is C21H24BrClN2O2. The van der Waals surface area contributed by atoms with E-state index in [1.165, 1.54) is 0 Å². The van der Waals surface area contributed by atoms with Crippen molar-refractivity contribution in [1.82, 2.24) is 10.2 Å². The second kappa shape index (κ2) is 10.1. The van der Waals surface area contributed by atoms with Gasteiger partial charge in [0.25, 0.3) is 0 Å². The highest BCUT2D eigenvalue weighted by Gasteiger charge is 2.24. The van der Waals surface area contributed by atoms with E-state index in [0.29, 0.717) is 18.2 Å². The van der Waals surface area contributed by atoms with Gasteiger partial charge in [0.05, 0.1) is 4.47 Å². The number of piperidine rings is 1. The van der Waals surface area contributed by atoms with Crippen molar-refractivity contribution in [1.29, 1.82) is 0 Å². The monoisotopic (exact) mass is 450 g/mol. The first kappa shape index (κ1) is 20.2. The molecule has 2 aromatic rings. The lowest BCUT2D eigenvalue weighted by Gasteiger charge is -2.31. The third-order valence-electron chi connectivity index (χ3n) is 4.83. The van der Waals surface area contributed by atoms with Crippen molar-refractivity contribution < 1.29 is 9.53 Å². The summed E-state index contributed by atoms with van der Waals surface area (Å²) >= 11 is 9.40. The number of nitrogens with one attached hydrogen (secondary N) is 1. The van der Waals surface area contributed by atoms with Crippen molar-refractivity contribution in [2.45, 2.75) is 19.4 Å². The fourth-order valence-corrected chi connectivity index (χ4v) is 4.02. The number of carbonyl (C=O) groups excluding carboxylic acids is 1. The van der Waals surface area contributed by atoms with Gasteiger partial charge in [-0.3, -0.25) is 9.69 Å². The topological polar surface area (TPSA) is 41.6 Å². The van der Waals surface area contributed by atoms with Gasteiger partial charge in [0.1, 0.15) is 12.4 Å². The van der Waals surface area contributed by atoms with Crippen LogP contribution < -0.4 is 10.1 Å². The third-order valence-corrected chi connectivity index (χ3v) is 5.68. The molecule has 2 aromatic carbocycles. The Balaban J connectivity index is 1.35. The molecule has 1 N–H and O–H groups in total. The Morgan fingerprint density at radius 2 is 1.93 bits per heavy atom. The number of halogens is 2. The standard InChI is InChI=1S/C21H24BrClN2O2/c22-19-14-18(23)6-7-20(19)27-13-12-25-10-8-17(9-11-25)21(26)24-15-16-4-2-1-3-5-16/h1-7,14,17H,8-13,15H2,(H,24,26). The number of amides is 1. The summed E-state index contributed by atoms with van der Waals surface area (Å²) in [5, 5.41) is 3.74. The van der Waals surface area contributed by atoms with Gasteiger partial charge in [-0.05, 0) is 65.6 Å². The number of carbonyl (C=O) groups is 1. The number of nitrogens with zero attached hydrogens (tertiary/aromatic N) is 1. The first-order valence-corrected chi connectivity index (χ1v) is 10.4. The van der Waals surface area contributed by atoms with E-state index < -0.39 is 0 Å². The SMILES string of the molecule is O=C(NCc1ccccc1)C1CCN(CCOc2ccc(Cl)cc2Br)CC1. The van der Waals surface area contributed by atoms with Crippen molar-refractivity contribution in [2.24, 2.45) is 5.92 Å². The molecule has 144 valence electrons. The minimum atomic E-state index is 0.108. The molecule has 1 amide bonds. The average Bonchev–Trinajstić information content (AvgIpc) is 2.69. The average molecular weight is 452 g/mol. The number of hydrogen-bond acceptors (Lipinski definition) is 3. The summed E-state index contributed by atoms with van der Waals surface area (Å²) in [6.45, 7) is 3.92. The van der Waals surface area contributed by atoms with Crippen LogP contribution in [0.3, 0.4) is 0 Å². The maximum atomic E-state index is 12.4. The maximum absolute atomic E-state index is 12.4. The molecule has 0 aromatic heterocycles. The van der Waals surface area contributed by atoms with Crippen LogP contribution in [0.15, 0.2) is 53.0 Å². The smallest absolute Gasteiger partial charge is 0.223 e. The fraction of sp³-hybridized carbons (Fsp3) is 0.381. The first-order chi connectivity index (χ1) is 13.1. The molecule has 1 saturated heterocycles. The van der Waals surface area contributed by atoms with Gasteiger partial charge >= 0.3 is 0 Å². The molecule has 27 heavy (non-hydrogen) atoms. The Hall–Kier alpha value is -1.56. The highest BCUT2D eigenvalue weighted by atomic mass is 79.9. The Labute approximate surface area is 174 Å². The molecule has 0 bridgehead atoms. The van der Waals surface area contributed by atoms with Gasteiger partial charge in [-0.2, -0.15) is 0 Å². The molecule has 1 heterocycles. The van der Waals surface area contributed by atoms with Crippen molar-refractivity contribution in [3.05, 3.63) is 63.6 Å². The Morgan fingerprint density at radius 3 is 2.63 bits per heavy atom. The Kier molecular flexibility index (Phi) is 7.56. The number of benzene rings is 2. The van der Waals surface area contributed by atoms with E-state index in [1.807, 2.05) is 48.5 Å². The molecule has 0 atom stereocenters. The quantitative estimate of drug-likeness (QED) is 0.673. The summed E-state index contributed by atoms with van der Waals surface area (Å²) in [4.78, 5) is 14.7. The van der Waals surface area contributed by atoms with Crippen molar-refractivity contribution in [2.75, 3.05) is 26.2 Å². The summed E-state index contributed by atoms with van der Waals surface area (Å²) in [7, 11) is 0. The molecule has 3 rings (SSSR count). The van der Waals surface area contributed by atoms with Gasteiger partial charge in [0, 0.05) is 24.0 Å². The molecule has 0 aliphatic carbocycles. The van der Waals surface area contributed by atoms with Crippen molar-refractivity contribution in [3.63, 3.8) is 0 Å². The number of rotatable bonds is 7. The van der Waals surface area contributed by atoms with E-state index in [-0.39, 0.29) is 11.8 Å². The molecule has 0 spiro atoms. The lowest BCUT2D eigenvalue weighted by molar-refractivity contribution is -0.126. The zero-order valence-electron chi connectivity index (χ0n) is 15.2. The summed E-state index contributed by atoms with van der Waals surface area (Å²) in [6, 6.07) is 15.5. The molecule has 0 unspecified atom stereocenters. The lowest BCUT2D eigenvalue weighted by atomic mass is 9.96. The van der Waals surface area contributed by atoms with E-state index >= 15 is 0 Å². The van der Waals surface area contributed by atoms with Crippen LogP contribution in [0.5, 0.6) is 5.75 Å². The molecule has 0 saturated carbocycles. The minimum Gasteiger partial charge on any atom is -0.491 e. The van der Waals surface area contributed by atoms with Crippen LogP contribution in [0.1, 0.15) is 18.4 Å². The van der Waals surface area contributed by atoms with Gasteiger partial charge in [-0.15, -0.1) is 0 Å². The molecular weight excluding hydrogens is 428 g/mol. The van der Waals surface area contributed by atoms with Gasteiger partial charge in [0.2, 0.25) is 5.91 Å². The second-order valence-electron chi connectivity index (χ2n) is 6.74. The highest BCUT2D eigenvalue weighted by Crippen LogP contribution is 2.28. The second-order valence-corrected chi connectivity index (χ2v) is 8.03. The van der Waals surface area contributed by atoms with Crippen LogP contribution in [-0.2, 0) is 11.3 Å². The van der Waals surface area contributed by atoms with Crippen LogP contribution >= 0.6 is 27.5 Å². The molecule has 6 heteroatoms. The number of likely N-dealkylation sites (tertiary alicyclic amines) is 1. The van der Waals surface area contributed by atoms with Gasteiger partial charge in [-0.25, -0.2) is 0 Å². The van der Waals surface area contributed by atoms with Crippen LogP contribution in [-0.4, -0.2) is 37.0 Å². The van der Waals surface area contributed by atoms with Crippen LogP contribution in [0.25, 0.3) is 0 Å². The molecule has 1 fully saturated rings. The van der Waals surface area contributed by atoms with Crippen LogP contribution in [0.2, 0.25) is 5.02 Å². The molecule has 0 radical (unpaired) electrons. The predicted octanol–water partition coefficient (Wildman–Crippen LogP) is 4.51. The maximum Gasteiger partial charge on any atom is 0.223 e. The highest BCUT2D eigenvalue weighted by molar-refractivity contribution is 9.10. The van der Waals surface area contributed by atoms with E-state index in [2.05, 4.69) is 26.1 Å². The van der Waals surface area contributed by atoms with Gasteiger partial charge in [0.15, 0.2) is 0 Å². The zero-order valence-corrected chi connectivity index (χ0v) is 17.5. The van der Waals surface area contributed by atoms with E-state index in [9.17, 15) is 4.79 Å². The van der Waals surface area contributed by atoms with Gasteiger partial charge in [-0.1, -0.05) is 41.9 Å². The minimum absolute atomic E-state index is 0.108. The van der Waals surface area contributed by atoms with E-state index in [4.69, 9.17) is 16.3 Å². The summed E-state index contributed by atoms with van der Waals surface area (Å²) in [5.41, 5.74) is 1.13. The summed E-state index contributed by atoms with van der Waals surface area (Å²) < 4.78 is 6.69. The summed E-state index contributed by atoms with van der Waals surface area (Å²) in [6.07, 6.45) is 1.79. The predicted molar refractivity (Wildman–Crippen MR) is 112 cm³/mol. The summed E-state index contributed by atoms with van der Waals surface area (Å²) in [5.74, 6) is 1.07. The number of hydrogen-bond donors (Lipinski definition) is 1. The van der Waals surface area contributed by atoms with Crippen LogP contribution in [0, 0.1) is 5.92 Å². The normalized spacial score (nSPS) is 15.5. The third kappa shape index (κ3) is 6.23. The number of ether oxygens (including phenoxy) is 1. The lowest BCUT2D eigenvalue weighted by Crippen LogP contribution is -2.41. The Morgan fingerprint density at radius 1 is 1.19 bits per heavy atom. The van der Waals surface area contributed by atoms with E-state index in [0.717, 1.165) is 48.3 Å². The van der Waals surface area contributed by atoms with Gasteiger partial charge < -0.3 is 10.1 Å². The van der Waals surface area contributed by atoms with Crippen LogP contribution in [0.4, 0.5) is 0 Å². The molecule has 1 aliphatic heterocycles. The largest absolute Gasteiger partial charge is 0.491 e. The van der Waals surface area contributed by atoms with Crippen molar-refractivity contribution in [3.8, 4) is 5.75 Å². The first-order valence-electron chi connectivity index (χ1n) is 9.23. The van der Waals surface area contributed by atoms with Crippen molar-refractivity contribution >= 4 is 33.4 Å². The molecule has 4 nitrogen and oxygen atoms in total. The Bertz CT molecular complexity index is 749.